The summed E-state index contributed by atoms with van der Waals surface area (Å²) >= 11 is 0. The van der Waals surface area contributed by atoms with E-state index in [9.17, 15) is 14.7 Å². The van der Waals surface area contributed by atoms with Crippen LogP contribution in [0.2, 0.25) is 0 Å². The Kier molecular flexibility index (Phi) is 3.62. The first-order valence-electron chi connectivity index (χ1n) is 7.12. The van der Waals surface area contributed by atoms with E-state index in [0.717, 1.165) is 18.5 Å². The zero-order valence-corrected chi connectivity index (χ0v) is 11.9. The first kappa shape index (κ1) is 14.2. The summed E-state index contributed by atoms with van der Waals surface area (Å²) in [6.45, 7) is 0. The van der Waals surface area contributed by atoms with E-state index in [0.29, 0.717) is 18.4 Å². The highest BCUT2D eigenvalue weighted by atomic mass is 16.4. The van der Waals surface area contributed by atoms with E-state index in [1.54, 1.807) is 41.5 Å². The highest BCUT2D eigenvalue weighted by Gasteiger charge is 2.42. The van der Waals surface area contributed by atoms with Crippen LogP contribution in [0.3, 0.4) is 0 Å². The van der Waals surface area contributed by atoms with Crippen molar-refractivity contribution in [2.75, 3.05) is 0 Å². The summed E-state index contributed by atoms with van der Waals surface area (Å²) in [5.74, 6) is -1.32. The molecule has 1 aliphatic carbocycles. The number of nitrogens with zero attached hydrogens (tertiary/aromatic N) is 3. The van der Waals surface area contributed by atoms with Gasteiger partial charge in [-0.1, -0.05) is 12.8 Å². The molecule has 114 valence electrons. The summed E-state index contributed by atoms with van der Waals surface area (Å²) < 4.78 is 1.72. The Morgan fingerprint density at radius 1 is 1.09 bits per heavy atom. The molecule has 0 aliphatic heterocycles. The molecule has 1 aromatic heterocycles. The maximum Gasteiger partial charge on any atom is 0.329 e. The molecule has 3 rings (SSSR count). The van der Waals surface area contributed by atoms with Gasteiger partial charge in [0.15, 0.2) is 0 Å². The molecule has 0 atom stereocenters. The molecule has 1 heterocycles. The maximum atomic E-state index is 12.3. The fourth-order valence-electron chi connectivity index (χ4n) is 2.78. The second-order valence-corrected chi connectivity index (χ2v) is 5.46. The summed E-state index contributed by atoms with van der Waals surface area (Å²) in [5.41, 5.74) is 0.143. The van der Waals surface area contributed by atoms with Gasteiger partial charge in [-0.3, -0.25) is 9.36 Å². The largest absolute Gasteiger partial charge is 0.480 e. The fourth-order valence-corrected chi connectivity index (χ4v) is 2.78. The molecule has 2 aromatic rings. The molecule has 7 nitrogen and oxygen atoms in total. The van der Waals surface area contributed by atoms with Crippen molar-refractivity contribution in [1.29, 1.82) is 0 Å². The van der Waals surface area contributed by atoms with Crippen LogP contribution in [0.5, 0.6) is 0 Å². The minimum absolute atomic E-state index is 0.361. The minimum Gasteiger partial charge on any atom is -0.480 e. The van der Waals surface area contributed by atoms with Crippen molar-refractivity contribution < 1.29 is 14.7 Å². The van der Waals surface area contributed by atoms with Gasteiger partial charge in [0, 0.05) is 11.3 Å². The fraction of sp³-hybridized carbons (Fsp3) is 0.333. The molecule has 2 N–H and O–H groups in total. The predicted octanol–water partition coefficient (Wildman–Crippen LogP) is 1.39. The smallest absolute Gasteiger partial charge is 0.329 e. The van der Waals surface area contributed by atoms with Gasteiger partial charge in [-0.05, 0) is 37.1 Å². The number of amides is 1. The van der Waals surface area contributed by atoms with Crippen molar-refractivity contribution in [3.8, 4) is 5.69 Å². The van der Waals surface area contributed by atoms with Crippen LogP contribution >= 0.6 is 0 Å². The van der Waals surface area contributed by atoms with E-state index in [1.165, 1.54) is 0 Å². The van der Waals surface area contributed by atoms with Crippen LogP contribution in [0.25, 0.3) is 5.69 Å². The lowest BCUT2D eigenvalue weighted by atomic mass is 9.97. The van der Waals surface area contributed by atoms with Crippen molar-refractivity contribution in [3.63, 3.8) is 0 Å². The van der Waals surface area contributed by atoms with Crippen molar-refractivity contribution in [2.24, 2.45) is 0 Å². The number of carbonyl (C=O) groups is 2. The first-order valence-corrected chi connectivity index (χ1v) is 7.12. The SMILES string of the molecule is O=C(NC1(C(=O)O)CCCC1)c1ccc(-n2cnnc2)cc1. The van der Waals surface area contributed by atoms with Gasteiger partial charge in [-0.2, -0.15) is 0 Å². The lowest BCUT2D eigenvalue weighted by molar-refractivity contribution is -0.144. The zero-order valence-electron chi connectivity index (χ0n) is 11.9. The number of hydrogen-bond donors (Lipinski definition) is 2. The van der Waals surface area contributed by atoms with Crippen LogP contribution in [0.4, 0.5) is 0 Å². The zero-order chi connectivity index (χ0) is 15.6. The molecular formula is C15H16N4O3. The van der Waals surface area contributed by atoms with Gasteiger partial charge in [0.1, 0.15) is 18.2 Å². The monoisotopic (exact) mass is 300 g/mol. The summed E-state index contributed by atoms with van der Waals surface area (Å²) in [7, 11) is 0. The Bertz CT molecular complexity index is 673. The van der Waals surface area contributed by atoms with Gasteiger partial charge < -0.3 is 10.4 Å². The second-order valence-electron chi connectivity index (χ2n) is 5.46. The van der Waals surface area contributed by atoms with Crippen molar-refractivity contribution in [1.82, 2.24) is 20.1 Å². The molecule has 0 radical (unpaired) electrons. The molecule has 1 fully saturated rings. The summed E-state index contributed by atoms with van der Waals surface area (Å²) in [6, 6.07) is 6.85. The second kappa shape index (κ2) is 5.59. The molecule has 0 unspecified atom stereocenters. The van der Waals surface area contributed by atoms with Crippen LogP contribution < -0.4 is 5.32 Å². The number of rotatable bonds is 4. The molecule has 7 heteroatoms. The first-order chi connectivity index (χ1) is 10.6. The van der Waals surface area contributed by atoms with Gasteiger partial charge in [-0.25, -0.2) is 4.79 Å². The summed E-state index contributed by atoms with van der Waals surface area (Å²) in [6.07, 6.45) is 5.72. The third-order valence-electron chi connectivity index (χ3n) is 4.07. The third kappa shape index (κ3) is 2.57. The van der Waals surface area contributed by atoms with E-state index >= 15 is 0 Å². The van der Waals surface area contributed by atoms with Crippen LogP contribution in [-0.4, -0.2) is 37.3 Å². The van der Waals surface area contributed by atoms with E-state index < -0.39 is 11.5 Å². The molecule has 0 saturated heterocycles. The summed E-state index contributed by atoms with van der Waals surface area (Å²) in [4.78, 5) is 23.8. The van der Waals surface area contributed by atoms with E-state index in [-0.39, 0.29) is 5.91 Å². The van der Waals surface area contributed by atoms with Crippen molar-refractivity contribution in [3.05, 3.63) is 42.5 Å². The quantitative estimate of drug-likeness (QED) is 0.889. The molecule has 22 heavy (non-hydrogen) atoms. The van der Waals surface area contributed by atoms with Crippen LogP contribution in [0.1, 0.15) is 36.0 Å². The average molecular weight is 300 g/mol. The maximum absolute atomic E-state index is 12.3. The number of carboxylic acid groups (broad SMARTS) is 1. The van der Waals surface area contributed by atoms with Gasteiger partial charge >= 0.3 is 5.97 Å². The van der Waals surface area contributed by atoms with Crippen LogP contribution in [-0.2, 0) is 4.79 Å². The Morgan fingerprint density at radius 2 is 1.68 bits per heavy atom. The lowest BCUT2D eigenvalue weighted by Crippen LogP contribution is -2.52. The van der Waals surface area contributed by atoms with Gasteiger partial charge in [0.2, 0.25) is 0 Å². The van der Waals surface area contributed by atoms with E-state index in [4.69, 9.17) is 0 Å². The molecule has 1 saturated carbocycles. The van der Waals surface area contributed by atoms with Crippen molar-refractivity contribution in [2.45, 2.75) is 31.2 Å². The molecule has 0 bridgehead atoms. The molecule has 1 amide bonds. The van der Waals surface area contributed by atoms with E-state index in [1.807, 2.05) is 0 Å². The highest BCUT2D eigenvalue weighted by molar-refractivity contribution is 5.98. The Balaban J connectivity index is 1.76. The summed E-state index contributed by atoms with van der Waals surface area (Å²) in [5, 5.41) is 19.5. The highest BCUT2D eigenvalue weighted by Crippen LogP contribution is 2.30. The Hall–Kier alpha value is -2.70. The predicted molar refractivity (Wildman–Crippen MR) is 77.7 cm³/mol. The number of benzene rings is 1. The van der Waals surface area contributed by atoms with Crippen LogP contribution in [0.15, 0.2) is 36.9 Å². The number of nitrogens with one attached hydrogen (secondary N) is 1. The van der Waals surface area contributed by atoms with Gasteiger partial charge in [-0.15, -0.1) is 10.2 Å². The Morgan fingerprint density at radius 3 is 2.23 bits per heavy atom. The van der Waals surface area contributed by atoms with Gasteiger partial charge in [0.05, 0.1) is 0 Å². The standard InChI is InChI=1S/C15H16N4O3/c20-13(18-15(14(21)22)7-1-2-8-15)11-3-5-12(6-4-11)19-9-16-17-10-19/h3-6,9-10H,1-2,7-8H2,(H,18,20)(H,21,22). The normalized spacial score (nSPS) is 16.4. The number of carbonyl (C=O) groups excluding carboxylic acids is 1. The van der Waals surface area contributed by atoms with Crippen molar-refractivity contribution >= 4 is 11.9 Å². The van der Waals surface area contributed by atoms with Crippen LogP contribution in [0, 0.1) is 0 Å². The average Bonchev–Trinajstić information content (AvgIpc) is 3.19. The topological polar surface area (TPSA) is 97.1 Å². The number of aromatic nitrogens is 3. The molecule has 1 aromatic carbocycles. The Labute approximate surface area is 127 Å². The third-order valence-corrected chi connectivity index (χ3v) is 4.07. The molecule has 0 spiro atoms. The minimum atomic E-state index is -1.12. The number of hydrogen-bond acceptors (Lipinski definition) is 4. The lowest BCUT2D eigenvalue weighted by Gasteiger charge is -2.25. The number of aliphatic carboxylic acids is 1. The van der Waals surface area contributed by atoms with E-state index in [2.05, 4.69) is 15.5 Å². The van der Waals surface area contributed by atoms with Gasteiger partial charge in [0.25, 0.3) is 5.91 Å². The molecule has 1 aliphatic rings. The molecular weight excluding hydrogens is 284 g/mol. The number of carboxylic acids is 1.